The summed E-state index contributed by atoms with van der Waals surface area (Å²) >= 11 is 7.85. The Balaban J connectivity index is 2.09. The molecule has 0 radical (unpaired) electrons. The number of hydrogen-bond donors (Lipinski definition) is 2. The molecule has 0 fully saturated rings. The quantitative estimate of drug-likeness (QED) is 0.738. The first-order valence-electron chi connectivity index (χ1n) is 7.31. The van der Waals surface area contributed by atoms with Crippen LogP contribution in [-0.2, 0) is 4.79 Å². The fourth-order valence-electron chi connectivity index (χ4n) is 1.94. The lowest BCUT2D eigenvalue weighted by Gasteiger charge is -2.08. The molecular weight excluding hydrogens is 346 g/mol. The molecule has 0 atom stereocenters. The van der Waals surface area contributed by atoms with E-state index in [1.165, 1.54) is 6.08 Å². The number of hydrogen-bond acceptors (Lipinski definition) is 4. The van der Waals surface area contributed by atoms with Gasteiger partial charge in [-0.1, -0.05) is 41.6 Å². The van der Waals surface area contributed by atoms with Crippen molar-refractivity contribution in [1.82, 2.24) is 5.32 Å². The standard InChI is InChI=1S/C18H18ClNO3S/c1-23-16-4-2-3-5-17(16)24-14-8-6-13(15(19)12-14)7-9-18(22)20-10-11-21/h2-9,12,21H,10-11H2,1H3,(H,20,22)/b9-7+. The number of rotatable bonds is 7. The SMILES string of the molecule is COc1ccccc1Sc1ccc(/C=C/C(=O)NCCO)c(Cl)c1. The van der Waals surface area contributed by atoms with Crippen molar-refractivity contribution in [2.75, 3.05) is 20.3 Å². The molecule has 0 spiro atoms. The predicted octanol–water partition coefficient (Wildman–Crippen LogP) is 3.62. The van der Waals surface area contributed by atoms with E-state index in [-0.39, 0.29) is 19.1 Å². The van der Waals surface area contributed by atoms with Gasteiger partial charge in [-0.3, -0.25) is 4.79 Å². The van der Waals surface area contributed by atoms with Gasteiger partial charge in [0.05, 0.1) is 18.6 Å². The van der Waals surface area contributed by atoms with E-state index >= 15 is 0 Å². The summed E-state index contributed by atoms with van der Waals surface area (Å²) in [4.78, 5) is 13.5. The maximum Gasteiger partial charge on any atom is 0.244 e. The number of halogens is 1. The first kappa shape index (κ1) is 18.4. The summed E-state index contributed by atoms with van der Waals surface area (Å²) in [7, 11) is 1.64. The van der Waals surface area contributed by atoms with Gasteiger partial charge in [0.2, 0.25) is 5.91 Å². The molecule has 1 amide bonds. The molecule has 126 valence electrons. The lowest BCUT2D eigenvalue weighted by Crippen LogP contribution is -2.24. The predicted molar refractivity (Wildman–Crippen MR) is 97.7 cm³/mol. The summed E-state index contributed by atoms with van der Waals surface area (Å²) in [6, 6.07) is 13.4. The first-order chi connectivity index (χ1) is 11.6. The highest BCUT2D eigenvalue weighted by atomic mass is 35.5. The number of aliphatic hydroxyl groups excluding tert-OH is 1. The zero-order chi connectivity index (χ0) is 17.4. The molecule has 0 aliphatic heterocycles. The van der Waals surface area contributed by atoms with Crippen LogP contribution in [0, 0.1) is 0 Å². The molecule has 2 aromatic rings. The number of para-hydroxylation sites is 1. The van der Waals surface area contributed by atoms with Crippen LogP contribution in [0.25, 0.3) is 6.08 Å². The molecule has 0 aromatic heterocycles. The highest BCUT2D eigenvalue weighted by Crippen LogP contribution is 2.36. The van der Waals surface area contributed by atoms with Crippen molar-refractivity contribution in [3.63, 3.8) is 0 Å². The van der Waals surface area contributed by atoms with E-state index in [0.29, 0.717) is 5.02 Å². The Morgan fingerprint density at radius 3 is 2.83 bits per heavy atom. The summed E-state index contributed by atoms with van der Waals surface area (Å²) in [5, 5.41) is 11.8. The van der Waals surface area contributed by atoms with Crippen molar-refractivity contribution in [3.05, 3.63) is 59.1 Å². The Morgan fingerprint density at radius 2 is 2.12 bits per heavy atom. The van der Waals surface area contributed by atoms with Gasteiger partial charge in [0, 0.05) is 22.5 Å². The number of methoxy groups -OCH3 is 1. The fraction of sp³-hybridized carbons (Fsp3) is 0.167. The number of aliphatic hydroxyl groups is 1. The molecule has 2 N–H and O–H groups in total. The van der Waals surface area contributed by atoms with Gasteiger partial charge >= 0.3 is 0 Å². The van der Waals surface area contributed by atoms with Crippen LogP contribution < -0.4 is 10.1 Å². The zero-order valence-electron chi connectivity index (χ0n) is 13.2. The van der Waals surface area contributed by atoms with Gasteiger partial charge in [0.1, 0.15) is 5.75 Å². The molecule has 0 unspecified atom stereocenters. The molecule has 2 aromatic carbocycles. The van der Waals surface area contributed by atoms with E-state index in [1.54, 1.807) is 24.9 Å². The second-order valence-corrected chi connectivity index (χ2v) is 6.31. The Bertz CT molecular complexity index is 734. The number of nitrogens with one attached hydrogen (secondary N) is 1. The van der Waals surface area contributed by atoms with Crippen LogP contribution in [0.15, 0.2) is 58.3 Å². The zero-order valence-corrected chi connectivity index (χ0v) is 14.7. The van der Waals surface area contributed by atoms with Crippen molar-refractivity contribution < 1.29 is 14.6 Å². The molecule has 24 heavy (non-hydrogen) atoms. The van der Waals surface area contributed by atoms with E-state index in [4.69, 9.17) is 21.4 Å². The van der Waals surface area contributed by atoms with Crippen molar-refractivity contribution >= 4 is 35.3 Å². The number of ether oxygens (including phenoxy) is 1. The van der Waals surface area contributed by atoms with E-state index in [9.17, 15) is 4.79 Å². The maximum absolute atomic E-state index is 11.5. The van der Waals surface area contributed by atoms with Gasteiger partial charge in [0.15, 0.2) is 0 Å². The van der Waals surface area contributed by atoms with Gasteiger partial charge in [-0.05, 0) is 35.9 Å². The lowest BCUT2D eigenvalue weighted by atomic mass is 10.2. The highest BCUT2D eigenvalue weighted by molar-refractivity contribution is 7.99. The Kier molecular flexibility index (Phi) is 7.18. The van der Waals surface area contributed by atoms with Gasteiger partial charge in [0.25, 0.3) is 0 Å². The first-order valence-corrected chi connectivity index (χ1v) is 8.50. The van der Waals surface area contributed by atoms with E-state index in [2.05, 4.69) is 5.32 Å². The smallest absolute Gasteiger partial charge is 0.244 e. The number of carbonyl (C=O) groups excluding carboxylic acids is 1. The normalized spacial score (nSPS) is 10.8. The average molecular weight is 364 g/mol. The minimum absolute atomic E-state index is 0.0881. The minimum atomic E-state index is -0.271. The second kappa shape index (κ2) is 9.37. The molecule has 0 saturated heterocycles. The van der Waals surface area contributed by atoms with Gasteiger partial charge in [-0.25, -0.2) is 0 Å². The monoisotopic (exact) mass is 363 g/mol. The largest absolute Gasteiger partial charge is 0.496 e. The Hall–Kier alpha value is -1.95. The minimum Gasteiger partial charge on any atom is -0.496 e. The summed E-state index contributed by atoms with van der Waals surface area (Å²) in [5.41, 5.74) is 0.750. The molecule has 2 rings (SSSR count). The third-order valence-electron chi connectivity index (χ3n) is 3.09. The summed E-state index contributed by atoms with van der Waals surface area (Å²) < 4.78 is 5.34. The van der Waals surface area contributed by atoms with Gasteiger partial charge < -0.3 is 15.2 Å². The van der Waals surface area contributed by atoms with Crippen LogP contribution in [-0.4, -0.2) is 31.3 Å². The maximum atomic E-state index is 11.5. The van der Waals surface area contributed by atoms with E-state index in [0.717, 1.165) is 21.1 Å². The van der Waals surface area contributed by atoms with E-state index < -0.39 is 0 Å². The fourth-order valence-corrected chi connectivity index (χ4v) is 3.21. The second-order valence-electron chi connectivity index (χ2n) is 4.78. The van der Waals surface area contributed by atoms with Crippen LogP contribution >= 0.6 is 23.4 Å². The molecule has 0 bridgehead atoms. The Morgan fingerprint density at radius 1 is 1.33 bits per heavy atom. The average Bonchev–Trinajstić information content (AvgIpc) is 2.59. The number of benzene rings is 2. The van der Waals surface area contributed by atoms with Crippen molar-refractivity contribution in [3.8, 4) is 5.75 Å². The summed E-state index contributed by atoms with van der Waals surface area (Å²) in [5.74, 6) is 0.538. The van der Waals surface area contributed by atoms with Crippen LogP contribution in [0.1, 0.15) is 5.56 Å². The molecule has 0 aliphatic rings. The Labute approximate surface area is 150 Å². The summed E-state index contributed by atoms with van der Waals surface area (Å²) in [6.45, 7) is 0.139. The molecular formula is C18H18ClNO3S. The van der Waals surface area contributed by atoms with Gasteiger partial charge in [-0.2, -0.15) is 0 Å². The van der Waals surface area contributed by atoms with Crippen LogP contribution in [0.5, 0.6) is 5.75 Å². The van der Waals surface area contributed by atoms with Crippen LogP contribution in [0.2, 0.25) is 5.02 Å². The molecule has 4 nitrogen and oxygen atoms in total. The topological polar surface area (TPSA) is 58.6 Å². The van der Waals surface area contributed by atoms with Crippen molar-refractivity contribution in [2.45, 2.75) is 9.79 Å². The summed E-state index contributed by atoms with van der Waals surface area (Å²) in [6.07, 6.45) is 3.04. The van der Waals surface area contributed by atoms with E-state index in [1.807, 2.05) is 42.5 Å². The van der Waals surface area contributed by atoms with Crippen molar-refractivity contribution in [2.24, 2.45) is 0 Å². The third-order valence-corrected chi connectivity index (χ3v) is 4.47. The van der Waals surface area contributed by atoms with Crippen molar-refractivity contribution in [1.29, 1.82) is 0 Å². The molecule has 6 heteroatoms. The number of carbonyl (C=O) groups is 1. The molecule has 0 aliphatic carbocycles. The lowest BCUT2D eigenvalue weighted by molar-refractivity contribution is -0.116. The van der Waals surface area contributed by atoms with Crippen LogP contribution in [0.3, 0.4) is 0 Å². The highest BCUT2D eigenvalue weighted by Gasteiger charge is 2.06. The van der Waals surface area contributed by atoms with Crippen LogP contribution in [0.4, 0.5) is 0 Å². The molecule has 0 saturated carbocycles. The van der Waals surface area contributed by atoms with Gasteiger partial charge in [-0.15, -0.1) is 0 Å². The number of amides is 1. The molecule has 0 heterocycles. The third kappa shape index (κ3) is 5.30.